The molecule has 0 bridgehead atoms. The Morgan fingerprint density at radius 1 is 1.33 bits per heavy atom. The SMILES string of the molecule is C/C=C\C(C)=C/N.CC. The topological polar surface area (TPSA) is 26.0 Å². The van der Waals surface area contributed by atoms with Crippen molar-refractivity contribution in [3.05, 3.63) is 23.9 Å². The second-order valence-electron chi connectivity index (χ2n) is 1.41. The van der Waals surface area contributed by atoms with Gasteiger partial charge in [0.2, 0.25) is 0 Å². The van der Waals surface area contributed by atoms with Gasteiger partial charge in [-0.1, -0.05) is 26.0 Å². The van der Waals surface area contributed by atoms with Gasteiger partial charge in [-0.2, -0.15) is 0 Å². The fourth-order valence-corrected chi connectivity index (χ4v) is 0.318. The van der Waals surface area contributed by atoms with E-state index in [1.54, 1.807) is 6.20 Å². The molecule has 0 saturated carbocycles. The highest BCUT2D eigenvalue weighted by molar-refractivity contribution is 5.13. The summed E-state index contributed by atoms with van der Waals surface area (Å²) in [7, 11) is 0. The highest BCUT2D eigenvalue weighted by atomic mass is 14.5. The Balaban J connectivity index is 0. The molecule has 1 heteroatoms. The number of hydrogen-bond acceptors (Lipinski definition) is 1. The third kappa shape index (κ3) is 11.1. The van der Waals surface area contributed by atoms with Crippen molar-refractivity contribution in [2.75, 3.05) is 0 Å². The maximum Gasteiger partial charge on any atom is -0.00327 e. The van der Waals surface area contributed by atoms with Crippen LogP contribution in [0.3, 0.4) is 0 Å². The predicted molar refractivity (Wildman–Crippen MR) is 44.1 cm³/mol. The minimum absolute atomic E-state index is 1.10. The monoisotopic (exact) mass is 127 g/mol. The van der Waals surface area contributed by atoms with Crippen LogP contribution in [0.4, 0.5) is 0 Å². The minimum Gasteiger partial charge on any atom is -0.404 e. The summed E-state index contributed by atoms with van der Waals surface area (Å²) in [6.45, 7) is 7.92. The summed E-state index contributed by atoms with van der Waals surface area (Å²) in [5.74, 6) is 0. The third-order valence-corrected chi connectivity index (χ3v) is 0.692. The zero-order valence-corrected chi connectivity index (χ0v) is 6.81. The molecule has 0 fully saturated rings. The summed E-state index contributed by atoms with van der Waals surface area (Å²) >= 11 is 0. The molecule has 0 rings (SSSR count). The molecule has 0 aromatic carbocycles. The van der Waals surface area contributed by atoms with Gasteiger partial charge in [0.1, 0.15) is 0 Å². The van der Waals surface area contributed by atoms with E-state index in [9.17, 15) is 0 Å². The first-order valence-corrected chi connectivity index (χ1v) is 3.32. The molecule has 54 valence electrons. The van der Waals surface area contributed by atoms with Crippen LogP contribution in [0.5, 0.6) is 0 Å². The molecule has 0 amide bonds. The van der Waals surface area contributed by atoms with Crippen LogP contribution < -0.4 is 5.73 Å². The van der Waals surface area contributed by atoms with Crippen molar-refractivity contribution in [3.63, 3.8) is 0 Å². The number of nitrogens with two attached hydrogens (primary N) is 1. The average Bonchev–Trinajstić information content (AvgIpc) is 1.93. The van der Waals surface area contributed by atoms with E-state index < -0.39 is 0 Å². The van der Waals surface area contributed by atoms with E-state index in [-0.39, 0.29) is 0 Å². The van der Waals surface area contributed by atoms with Gasteiger partial charge in [0.25, 0.3) is 0 Å². The smallest absolute Gasteiger partial charge is 0.00327 e. The highest BCUT2D eigenvalue weighted by Gasteiger charge is 1.70. The normalized spacial score (nSPS) is 10.9. The molecule has 0 aliphatic heterocycles. The lowest BCUT2D eigenvalue weighted by Crippen LogP contribution is -1.78. The molecule has 0 unspecified atom stereocenters. The molecule has 2 N–H and O–H groups in total. The largest absolute Gasteiger partial charge is 0.404 e. The lowest BCUT2D eigenvalue weighted by atomic mass is 10.3. The van der Waals surface area contributed by atoms with E-state index in [4.69, 9.17) is 5.73 Å². The predicted octanol–water partition coefficient (Wildman–Crippen LogP) is 2.45. The molecule has 1 nitrogen and oxygen atoms in total. The molecule has 0 aliphatic carbocycles. The molecule has 0 aromatic rings. The van der Waals surface area contributed by atoms with Crippen molar-refractivity contribution >= 4 is 0 Å². The molecule has 0 aromatic heterocycles. The maximum absolute atomic E-state index is 5.14. The van der Waals surface area contributed by atoms with Gasteiger partial charge in [-0.15, -0.1) is 0 Å². The lowest BCUT2D eigenvalue weighted by molar-refractivity contribution is 1.43. The third-order valence-electron chi connectivity index (χ3n) is 0.692. The van der Waals surface area contributed by atoms with Crippen molar-refractivity contribution in [1.82, 2.24) is 0 Å². The van der Waals surface area contributed by atoms with Gasteiger partial charge in [-0.3, -0.25) is 0 Å². The molecule has 0 radical (unpaired) electrons. The summed E-state index contributed by atoms with van der Waals surface area (Å²) in [5, 5.41) is 0. The van der Waals surface area contributed by atoms with Gasteiger partial charge in [0, 0.05) is 0 Å². The molecule has 9 heavy (non-hydrogen) atoms. The Kier molecular flexibility index (Phi) is 12.7. The summed E-state index contributed by atoms with van der Waals surface area (Å²) in [6, 6.07) is 0. The fourth-order valence-electron chi connectivity index (χ4n) is 0.318. The summed E-state index contributed by atoms with van der Waals surface area (Å²) in [4.78, 5) is 0. The van der Waals surface area contributed by atoms with Crippen LogP contribution in [0, 0.1) is 0 Å². The fraction of sp³-hybridized carbons (Fsp3) is 0.500. The Labute approximate surface area is 58.3 Å². The Hall–Kier alpha value is -0.720. The van der Waals surface area contributed by atoms with Crippen LogP contribution >= 0.6 is 0 Å². The van der Waals surface area contributed by atoms with Crippen LogP contribution in [-0.4, -0.2) is 0 Å². The second kappa shape index (κ2) is 10.3. The molecular formula is C8H17N. The second-order valence-corrected chi connectivity index (χ2v) is 1.41. The zero-order valence-electron chi connectivity index (χ0n) is 6.81. The van der Waals surface area contributed by atoms with Crippen LogP contribution in [-0.2, 0) is 0 Å². The summed E-state index contributed by atoms with van der Waals surface area (Å²) < 4.78 is 0. The molecule has 0 saturated heterocycles. The number of allylic oxidation sites excluding steroid dienone is 3. The molecule has 0 aliphatic rings. The van der Waals surface area contributed by atoms with E-state index in [1.165, 1.54) is 0 Å². The van der Waals surface area contributed by atoms with E-state index in [0.717, 1.165) is 5.57 Å². The zero-order chi connectivity index (χ0) is 7.70. The Bertz CT molecular complexity index is 90.7. The Morgan fingerprint density at radius 3 is 1.89 bits per heavy atom. The number of rotatable bonds is 1. The lowest BCUT2D eigenvalue weighted by Gasteiger charge is -1.81. The van der Waals surface area contributed by atoms with Gasteiger partial charge in [0.15, 0.2) is 0 Å². The standard InChI is InChI=1S/C6H11N.C2H6/c1-3-4-6(2)5-7;1-2/h3-5H,7H2,1-2H3;1-2H3/b4-3-,6-5-;. The van der Waals surface area contributed by atoms with Gasteiger partial charge in [-0.05, 0) is 25.6 Å². The van der Waals surface area contributed by atoms with Gasteiger partial charge < -0.3 is 5.73 Å². The average molecular weight is 127 g/mol. The molecule has 0 heterocycles. The quantitative estimate of drug-likeness (QED) is 0.538. The van der Waals surface area contributed by atoms with Gasteiger partial charge in [0.05, 0.1) is 0 Å². The van der Waals surface area contributed by atoms with E-state index >= 15 is 0 Å². The van der Waals surface area contributed by atoms with Gasteiger partial charge >= 0.3 is 0 Å². The highest BCUT2D eigenvalue weighted by Crippen LogP contribution is 1.88. The molecule has 0 spiro atoms. The van der Waals surface area contributed by atoms with Crippen LogP contribution in [0.25, 0.3) is 0 Å². The van der Waals surface area contributed by atoms with Crippen molar-refractivity contribution in [3.8, 4) is 0 Å². The Morgan fingerprint density at radius 2 is 1.78 bits per heavy atom. The van der Waals surface area contributed by atoms with E-state index in [0.29, 0.717) is 0 Å². The van der Waals surface area contributed by atoms with Crippen molar-refractivity contribution < 1.29 is 0 Å². The minimum atomic E-state index is 1.10. The maximum atomic E-state index is 5.14. The van der Waals surface area contributed by atoms with E-state index in [1.807, 2.05) is 39.8 Å². The summed E-state index contributed by atoms with van der Waals surface area (Å²) in [6.07, 6.45) is 5.50. The van der Waals surface area contributed by atoms with Crippen molar-refractivity contribution in [1.29, 1.82) is 0 Å². The van der Waals surface area contributed by atoms with Crippen LogP contribution in [0.1, 0.15) is 27.7 Å². The molecule has 0 atom stereocenters. The first-order chi connectivity index (χ1) is 4.31. The first-order valence-electron chi connectivity index (χ1n) is 3.32. The van der Waals surface area contributed by atoms with Gasteiger partial charge in [-0.25, -0.2) is 0 Å². The molecular weight excluding hydrogens is 110 g/mol. The number of hydrogen-bond donors (Lipinski definition) is 1. The van der Waals surface area contributed by atoms with Crippen molar-refractivity contribution in [2.45, 2.75) is 27.7 Å². The van der Waals surface area contributed by atoms with Crippen LogP contribution in [0.15, 0.2) is 23.9 Å². The van der Waals surface area contributed by atoms with Crippen molar-refractivity contribution in [2.24, 2.45) is 5.73 Å². The van der Waals surface area contributed by atoms with E-state index in [2.05, 4.69) is 0 Å². The summed E-state index contributed by atoms with van der Waals surface area (Å²) in [5.41, 5.74) is 6.24. The van der Waals surface area contributed by atoms with Crippen LogP contribution in [0.2, 0.25) is 0 Å². The first kappa shape index (κ1) is 11.1.